The molecule has 0 saturated heterocycles. The van der Waals surface area contributed by atoms with E-state index in [0.717, 1.165) is 19.3 Å². The van der Waals surface area contributed by atoms with Gasteiger partial charge in [0.25, 0.3) is 5.91 Å². The van der Waals surface area contributed by atoms with Crippen molar-refractivity contribution in [3.8, 4) is 0 Å². The van der Waals surface area contributed by atoms with Crippen LogP contribution in [0.3, 0.4) is 0 Å². The lowest BCUT2D eigenvalue weighted by atomic mass is 10.1. The van der Waals surface area contributed by atoms with Crippen LogP contribution in [0.25, 0.3) is 0 Å². The summed E-state index contributed by atoms with van der Waals surface area (Å²) in [5, 5.41) is 13.2. The first-order valence-electron chi connectivity index (χ1n) is 6.32. The lowest BCUT2D eigenvalue weighted by Gasteiger charge is -2.12. The van der Waals surface area contributed by atoms with Crippen molar-refractivity contribution in [2.24, 2.45) is 5.92 Å². The number of nitrogens with one attached hydrogen (secondary N) is 1. The Morgan fingerprint density at radius 2 is 2.10 bits per heavy atom. The number of halogens is 2. The summed E-state index contributed by atoms with van der Waals surface area (Å²) in [5.74, 6) is -2.67. The van der Waals surface area contributed by atoms with Gasteiger partial charge in [0.15, 0.2) is 0 Å². The number of hydrogen-bond donors (Lipinski definition) is 1. The van der Waals surface area contributed by atoms with Crippen molar-refractivity contribution in [1.82, 2.24) is 5.32 Å². The second kappa shape index (κ2) is 5.52. The molecule has 2 rings (SSSR count). The normalized spacial score (nSPS) is 21.8. The minimum absolute atomic E-state index is 0.0979. The first-order valence-corrected chi connectivity index (χ1v) is 6.32. The van der Waals surface area contributed by atoms with E-state index >= 15 is 0 Å². The molecule has 0 bridgehead atoms. The molecule has 1 N–H and O–H groups in total. The predicted molar refractivity (Wildman–Crippen MR) is 67.3 cm³/mol. The van der Waals surface area contributed by atoms with E-state index in [1.165, 1.54) is 0 Å². The van der Waals surface area contributed by atoms with Gasteiger partial charge in [0.05, 0.1) is 16.6 Å². The van der Waals surface area contributed by atoms with Crippen molar-refractivity contribution in [3.05, 3.63) is 39.4 Å². The highest BCUT2D eigenvalue weighted by molar-refractivity contribution is 5.95. The van der Waals surface area contributed by atoms with Crippen LogP contribution in [0, 0.1) is 27.7 Å². The maximum atomic E-state index is 13.8. The van der Waals surface area contributed by atoms with Gasteiger partial charge in [0, 0.05) is 6.04 Å². The molecule has 20 heavy (non-hydrogen) atoms. The minimum Gasteiger partial charge on any atom is -0.349 e. The molecule has 0 radical (unpaired) electrons. The van der Waals surface area contributed by atoms with Gasteiger partial charge in [-0.2, -0.15) is 4.39 Å². The van der Waals surface area contributed by atoms with Crippen molar-refractivity contribution >= 4 is 11.6 Å². The summed E-state index contributed by atoms with van der Waals surface area (Å²) in [6.07, 6.45) is 2.49. The Morgan fingerprint density at radius 1 is 1.40 bits per heavy atom. The van der Waals surface area contributed by atoms with Crippen LogP contribution < -0.4 is 5.32 Å². The smallest absolute Gasteiger partial charge is 0.308 e. The number of amides is 1. The van der Waals surface area contributed by atoms with E-state index in [0.29, 0.717) is 18.1 Å². The molecule has 1 fully saturated rings. The molecule has 1 aliphatic carbocycles. The summed E-state index contributed by atoms with van der Waals surface area (Å²) in [5.41, 5.74) is -1.66. The quantitative estimate of drug-likeness (QED) is 0.685. The van der Waals surface area contributed by atoms with Crippen LogP contribution in [0.2, 0.25) is 0 Å². The van der Waals surface area contributed by atoms with Crippen LogP contribution in [-0.2, 0) is 0 Å². The first kappa shape index (κ1) is 14.4. The lowest BCUT2D eigenvalue weighted by molar-refractivity contribution is -0.387. The fraction of sp³-hybridized carbons (Fsp3) is 0.462. The van der Waals surface area contributed by atoms with Gasteiger partial charge >= 0.3 is 5.69 Å². The van der Waals surface area contributed by atoms with Crippen LogP contribution in [0.15, 0.2) is 12.1 Å². The molecule has 0 aliphatic heterocycles. The highest BCUT2D eigenvalue weighted by Gasteiger charge is 2.27. The SMILES string of the molecule is CC1CCC(NC(=O)c2cc(F)cc([N+](=O)[O-])c2F)C1. The Labute approximate surface area is 114 Å². The average molecular weight is 284 g/mol. The molecule has 0 spiro atoms. The van der Waals surface area contributed by atoms with Gasteiger partial charge in [-0.1, -0.05) is 6.92 Å². The molecule has 1 aromatic carbocycles. The van der Waals surface area contributed by atoms with Gasteiger partial charge in [0.1, 0.15) is 5.82 Å². The zero-order valence-corrected chi connectivity index (χ0v) is 10.9. The second-order valence-corrected chi connectivity index (χ2v) is 5.13. The Morgan fingerprint density at radius 3 is 2.65 bits per heavy atom. The fourth-order valence-corrected chi connectivity index (χ4v) is 2.47. The standard InChI is InChI=1S/C13H14F2N2O3/c1-7-2-3-9(4-7)16-13(18)10-5-8(14)6-11(12(10)15)17(19)20/h5-7,9H,2-4H2,1H3,(H,16,18). The summed E-state index contributed by atoms with van der Waals surface area (Å²) < 4.78 is 27.1. The number of hydrogen-bond acceptors (Lipinski definition) is 3. The highest BCUT2D eigenvalue weighted by Crippen LogP contribution is 2.26. The Kier molecular flexibility index (Phi) is 3.96. The summed E-state index contributed by atoms with van der Waals surface area (Å²) in [4.78, 5) is 21.5. The monoisotopic (exact) mass is 284 g/mol. The van der Waals surface area contributed by atoms with E-state index in [1.807, 2.05) is 6.92 Å². The van der Waals surface area contributed by atoms with Gasteiger partial charge in [-0.05, 0) is 31.2 Å². The molecule has 1 aromatic rings. The van der Waals surface area contributed by atoms with Crippen LogP contribution in [0.5, 0.6) is 0 Å². The maximum Gasteiger partial charge on any atom is 0.308 e. The van der Waals surface area contributed by atoms with Crippen molar-refractivity contribution in [3.63, 3.8) is 0 Å². The molecule has 2 atom stereocenters. The molecule has 2 unspecified atom stereocenters. The molecule has 5 nitrogen and oxygen atoms in total. The summed E-state index contributed by atoms with van der Waals surface area (Å²) in [6.45, 7) is 2.04. The van der Waals surface area contributed by atoms with E-state index < -0.39 is 33.7 Å². The third-order valence-electron chi connectivity index (χ3n) is 3.49. The van der Waals surface area contributed by atoms with Gasteiger partial charge < -0.3 is 5.32 Å². The Bertz CT molecular complexity index is 563. The van der Waals surface area contributed by atoms with Gasteiger partial charge in [-0.15, -0.1) is 0 Å². The molecule has 0 heterocycles. The zero-order valence-electron chi connectivity index (χ0n) is 10.9. The fourth-order valence-electron chi connectivity index (χ4n) is 2.47. The van der Waals surface area contributed by atoms with Gasteiger partial charge in [0.2, 0.25) is 5.82 Å². The number of nitrogens with zero attached hydrogens (tertiary/aromatic N) is 1. The third-order valence-corrected chi connectivity index (χ3v) is 3.49. The van der Waals surface area contributed by atoms with Crippen LogP contribution in [0.4, 0.5) is 14.5 Å². The first-order chi connectivity index (χ1) is 9.38. The van der Waals surface area contributed by atoms with Crippen molar-refractivity contribution in [2.75, 3.05) is 0 Å². The number of rotatable bonds is 3. The zero-order chi connectivity index (χ0) is 14.9. The summed E-state index contributed by atoms with van der Waals surface area (Å²) in [6, 6.07) is 1.04. The number of nitro benzene ring substituents is 1. The molecular weight excluding hydrogens is 270 g/mol. The molecule has 7 heteroatoms. The van der Waals surface area contributed by atoms with Crippen molar-refractivity contribution in [1.29, 1.82) is 0 Å². The molecule has 1 amide bonds. The van der Waals surface area contributed by atoms with Crippen molar-refractivity contribution < 1.29 is 18.5 Å². The summed E-state index contributed by atoms with van der Waals surface area (Å²) in [7, 11) is 0. The number of carbonyl (C=O) groups is 1. The van der Waals surface area contributed by atoms with Crippen LogP contribution in [0.1, 0.15) is 36.5 Å². The average Bonchev–Trinajstić information content (AvgIpc) is 2.76. The Hall–Kier alpha value is -2.05. The third kappa shape index (κ3) is 2.92. The van der Waals surface area contributed by atoms with E-state index in [9.17, 15) is 23.7 Å². The molecule has 1 aliphatic rings. The minimum atomic E-state index is -1.31. The maximum absolute atomic E-state index is 13.8. The topological polar surface area (TPSA) is 72.2 Å². The molecular formula is C13H14F2N2O3. The number of nitro groups is 1. The van der Waals surface area contributed by atoms with E-state index in [1.54, 1.807) is 0 Å². The molecule has 108 valence electrons. The van der Waals surface area contributed by atoms with Gasteiger partial charge in [-0.25, -0.2) is 4.39 Å². The van der Waals surface area contributed by atoms with E-state index in [4.69, 9.17) is 0 Å². The summed E-state index contributed by atoms with van der Waals surface area (Å²) >= 11 is 0. The molecule has 1 saturated carbocycles. The number of benzene rings is 1. The van der Waals surface area contributed by atoms with Crippen LogP contribution >= 0.6 is 0 Å². The Balaban J connectivity index is 2.23. The van der Waals surface area contributed by atoms with Gasteiger partial charge in [-0.3, -0.25) is 14.9 Å². The predicted octanol–water partition coefficient (Wildman–Crippen LogP) is 2.79. The largest absolute Gasteiger partial charge is 0.349 e. The van der Waals surface area contributed by atoms with E-state index in [-0.39, 0.29) is 6.04 Å². The van der Waals surface area contributed by atoms with Crippen molar-refractivity contribution in [2.45, 2.75) is 32.2 Å². The van der Waals surface area contributed by atoms with Crippen LogP contribution in [-0.4, -0.2) is 16.9 Å². The van der Waals surface area contributed by atoms with E-state index in [2.05, 4.69) is 5.32 Å². The highest BCUT2D eigenvalue weighted by atomic mass is 19.1. The molecule has 0 aromatic heterocycles. The number of carbonyl (C=O) groups excluding carboxylic acids is 1. The lowest BCUT2D eigenvalue weighted by Crippen LogP contribution is -2.33. The second-order valence-electron chi connectivity index (χ2n) is 5.13.